The van der Waals surface area contributed by atoms with Gasteiger partial charge in [0.2, 0.25) is 5.88 Å². The van der Waals surface area contributed by atoms with Crippen molar-refractivity contribution in [3.63, 3.8) is 0 Å². The number of ether oxygens (including phenoxy) is 2. The van der Waals surface area contributed by atoms with Gasteiger partial charge in [0.05, 0.1) is 31.9 Å². The van der Waals surface area contributed by atoms with E-state index in [1.165, 1.54) is 0 Å². The Morgan fingerprint density at radius 1 is 1.13 bits per heavy atom. The molecule has 1 atom stereocenters. The first-order valence-corrected chi connectivity index (χ1v) is 18.5. The third-order valence-electron chi connectivity index (χ3n) is 6.57. The van der Waals surface area contributed by atoms with Gasteiger partial charge in [-0.15, -0.1) is 0 Å². The van der Waals surface area contributed by atoms with E-state index in [1.807, 2.05) is 25.1 Å². The van der Waals surface area contributed by atoms with Crippen LogP contribution in [0.4, 0.5) is 10.3 Å². The van der Waals surface area contributed by atoms with Crippen LogP contribution in [0.25, 0.3) is 11.1 Å². The third-order valence-corrected chi connectivity index (χ3v) is 11.6. The Kier molecular flexibility index (Phi) is 10.3. The maximum Gasteiger partial charge on any atom is 0.269 e. The molecule has 38 heavy (non-hydrogen) atoms. The number of anilines is 1. The lowest BCUT2D eigenvalue weighted by atomic mass is 9.98. The highest BCUT2D eigenvalue weighted by atomic mass is 79.9. The molecular weight excluding hydrogens is 591 g/mol. The second kappa shape index (κ2) is 12.9. The summed E-state index contributed by atoms with van der Waals surface area (Å²) in [5, 5.41) is 4.62. The van der Waals surface area contributed by atoms with Crippen molar-refractivity contribution in [3.05, 3.63) is 64.8 Å². The summed E-state index contributed by atoms with van der Waals surface area (Å²) >= 11 is 3.47. The number of alkyl halides is 2. The number of nitrogens with zero attached hydrogens (tertiary/aromatic N) is 2. The van der Waals surface area contributed by atoms with Crippen molar-refractivity contribution in [3.8, 4) is 11.1 Å². The quantitative estimate of drug-likeness (QED) is 0.0900. The molecule has 1 heterocycles. The first-order valence-electron chi connectivity index (χ1n) is 12.4. The first kappa shape index (κ1) is 30.5. The Balaban J connectivity index is 2.14. The number of rotatable bonds is 13. The molecule has 208 valence electrons. The van der Waals surface area contributed by atoms with Gasteiger partial charge in [0.15, 0.2) is 0 Å². The van der Waals surface area contributed by atoms with Crippen molar-refractivity contribution in [1.29, 1.82) is 0 Å². The second-order valence-corrected chi connectivity index (χ2v) is 18.2. The van der Waals surface area contributed by atoms with Crippen LogP contribution in [0, 0.1) is 13.8 Å². The molecule has 0 aliphatic rings. The minimum Gasteiger partial charge on any atom is -0.374 e. The number of hydrogen-bond acceptors (Lipinski definition) is 6. The molecule has 0 bridgehead atoms. The van der Waals surface area contributed by atoms with Gasteiger partial charge < -0.3 is 14.0 Å². The molecule has 0 fully saturated rings. The van der Waals surface area contributed by atoms with Crippen molar-refractivity contribution in [2.75, 3.05) is 24.3 Å². The van der Waals surface area contributed by atoms with Gasteiger partial charge >= 0.3 is 0 Å². The number of halogens is 2. The van der Waals surface area contributed by atoms with Crippen molar-refractivity contribution < 1.29 is 26.8 Å². The lowest BCUT2D eigenvalue weighted by Gasteiger charge is -2.29. The summed E-state index contributed by atoms with van der Waals surface area (Å²) in [6.07, 6.45) is 0. The maximum absolute atomic E-state index is 14.3. The summed E-state index contributed by atoms with van der Waals surface area (Å²) in [5.74, 6) is 0.126. The van der Waals surface area contributed by atoms with Gasteiger partial charge in [-0.3, -0.25) is 0 Å². The zero-order chi connectivity index (χ0) is 28.1. The fourth-order valence-corrected chi connectivity index (χ4v) is 6.14. The molecule has 0 saturated carbocycles. The van der Waals surface area contributed by atoms with E-state index in [4.69, 9.17) is 14.0 Å². The highest BCUT2D eigenvalue weighted by Gasteiger charge is 2.34. The number of aromatic nitrogens is 1. The molecule has 0 N–H and O–H groups in total. The van der Waals surface area contributed by atoms with Crippen LogP contribution in [-0.2, 0) is 31.4 Å². The summed E-state index contributed by atoms with van der Waals surface area (Å²) in [6, 6.07) is 12.5. The highest BCUT2D eigenvalue weighted by Crippen LogP contribution is 2.36. The third kappa shape index (κ3) is 6.92. The van der Waals surface area contributed by atoms with Crippen LogP contribution in [0.3, 0.4) is 0 Å². The van der Waals surface area contributed by atoms with Gasteiger partial charge in [-0.1, -0.05) is 77.1 Å². The van der Waals surface area contributed by atoms with Crippen molar-refractivity contribution >= 4 is 39.9 Å². The molecule has 11 heteroatoms. The Labute approximate surface area is 234 Å². The summed E-state index contributed by atoms with van der Waals surface area (Å²) < 4.78 is 59.7. The Bertz CT molecular complexity index is 1340. The summed E-state index contributed by atoms with van der Waals surface area (Å²) in [5.41, 5.74) is 4.08. The molecule has 2 aromatic carbocycles. The monoisotopic (exact) mass is 626 g/mol. The molecule has 0 aliphatic heterocycles. The van der Waals surface area contributed by atoms with Gasteiger partial charge in [0.1, 0.15) is 13.4 Å². The Hall–Kier alpha value is -2.05. The Morgan fingerprint density at radius 2 is 1.84 bits per heavy atom. The van der Waals surface area contributed by atoms with Crippen molar-refractivity contribution in [2.45, 2.75) is 63.0 Å². The lowest BCUT2D eigenvalue weighted by Crippen LogP contribution is -2.42. The average molecular weight is 628 g/mol. The van der Waals surface area contributed by atoms with E-state index in [-0.39, 0.29) is 36.5 Å². The van der Waals surface area contributed by atoms with Gasteiger partial charge in [-0.05, 0) is 43.5 Å². The molecule has 0 radical (unpaired) electrons. The smallest absolute Gasteiger partial charge is 0.269 e. The van der Waals surface area contributed by atoms with E-state index in [0.717, 1.165) is 15.4 Å². The van der Waals surface area contributed by atoms with Gasteiger partial charge in [0, 0.05) is 22.2 Å². The van der Waals surface area contributed by atoms with Crippen LogP contribution in [0.5, 0.6) is 0 Å². The number of sulfonamides is 1. The molecule has 0 spiro atoms. The maximum atomic E-state index is 14.3. The fourth-order valence-electron chi connectivity index (χ4n) is 3.68. The van der Waals surface area contributed by atoms with E-state index >= 15 is 0 Å². The molecular formula is C27H36BrFN2O5SSi. The molecule has 7 nitrogen and oxygen atoms in total. The summed E-state index contributed by atoms with van der Waals surface area (Å²) in [6.45, 7) is 11.3. The molecule has 3 rings (SSSR count). The molecule has 3 aromatic rings. The number of hydrogen-bond donors (Lipinski definition) is 0. The van der Waals surface area contributed by atoms with Crippen LogP contribution in [0.2, 0.25) is 19.6 Å². The number of aryl methyl sites for hydroxylation is 1. The minimum atomic E-state index is -4.16. The predicted molar refractivity (Wildman–Crippen MR) is 155 cm³/mol. The van der Waals surface area contributed by atoms with E-state index in [1.54, 1.807) is 38.1 Å². The first-order chi connectivity index (χ1) is 17.9. The van der Waals surface area contributed by atoms with E-state index in [9.17, 15) is 12.8 Å². The van der Waals surface area contributed by atoms with E-state index in [2.05, 4.69) is 40.7 Å². The van der Waals surface area contributed by atoms with Gasteiger partial charge in [0.25, 0.3) is 10.0 Å². The zero-order valence-electron chi connectivity index (χ0n) is 22.8. The summed E-state index contributed by atoms with van der Waals surface area (Å²) in [4.78, 5) is 0.0936. The van der Waals surface area contributed by atoms with E-state index < -0.39 is 24.8 Å². The van der Waals surface area contributed by atoms with Crippen LogP contribution < -0.4 is 4.31 Å². The fraction of sp³-hybridized carbons (Fsp3) is 0.444. The Morgan fingerprint density at radius 3 is 2.45 bits per heavy atom. The largest absolute Gasteiger partial charge is 0.374 e. The zero-order valence-corrected chi connectivity index (χ0v) is 26.2. The topological polar surface area (TPSA) is 81.9 Å². The molecule has 0 aliphatic carbocycles. The van der Waals surface area contributed by atoms with Crippen LogP contribution >= 0.6 is 15.9 Å². The van der Waals surface area contributed by atoms with Crippen LogP contribution in [-0.4, -0.2) is 47.4 Å². The van der Waals surface area contributed by atoms with Crippen molar-refractivity contribution in [2.24, 2.45) is 0 Å². The predicted octanol–water partition coefficient (Wildman–Crippen LogP) is 6.77. The number of benzene rings is 2. The van der Waals surface area contributed by atoms with Gasteiger partial charge in [-0.25, -0.2) is 17.1 Å². The molecule has 1 aromatic heterocycles. The minimum absolute atomic E-state index is 0.0392. The van der Waals surface area contributed by atoms with E-state index in [0.29, 0.717) is 27.7 Å². The highest BCUT2D eigenvalue weighted by molar-refractivity contribution is 9.08. The van der Waals surface area contributed by atoms with Crippen LogP contribution in [0.15, 0.2) is 51.9 Å². The summed E-state index contributed by atoms with van der Waals surface area (Å²) in [7, 11) is -5.87. The standard InChI is InChI=1S/C27H36BrFN2O5SSi/c1-19-20(2)30-36-27(19)31(18-35-21(3)38(4,5)6)37(32,33)26-10-8-7-9-25(26)24-12-11-22(16-28)15-23(24)17-34-14-13-29/h7-12,15,21H,13-14,16-18H2,1-6H3. The van der Waals surface area contributed by atoms with Crippen LogP contribution in [0.1, 0.15) is 29.3 Å². The average Bonchev–Trinajstić information content (AvgIpc) is 3.21. The van der Waals surface area contributed by atoms with Crippen molar-refractivity contribution in [1.82, 2.24) is 5.16 Å². The molecule has 0 amide bonds. The molecule has 0 saturated heterocycles. The SMILES string of the molecule is Cc1noc(N(COC(C)[Si](C)(C)C)S(=O)(=O)c2ccccc2-c2ccc(CBr)cc2COCCF)c1C. The lowest BCUT2D eigenvalue weighted by molar-refractivity contribution is 0.107. The second-order valence-electron chi connectivity index (χ2n) is 10.2. The normalized spacial score (nSPS) is 13.1. The van der Waals surface area contributed by atoms with Gasteiger partial charge in [-0.2, -0.15) is 0 Å². The molecule has 1 unspecified atom stereocenters.